The lowest BCUT2D eigenvalue weighted by Gasteiger charge is -2.35. The van der Waals surface area contributed by atoms with Gasteiger partial charge in [0, 0.05) is 37.1 Å². The lowest BCUT2D eigenvalue weighted by atomic mass is 10.0. The average Bonchev–Trinajstić information content (AvgIpc) is 3.22. The van der Waals surface area contributed by atoms with Crippen LogP contribution in [0.25, 0.3) is 0 Å². The maximum atomic E-state index is 6.09. The number of nitrogens with zero attached hydrogens (tertiary/aromatic N) is 3. The minimum absolute atomic E-state index is 0. The molecule has 166 valence electrons. The summed E-state index contributed by atoms with van der Waals surface area (Å²) in [6, 6.07) is 8.33. The van der Waals surface area contributed by atoms with Crippen LogP contribution in [0.5, 0.6) is 0 Å². The van der Waals surface area contributed by atoms with E-state index in [0.29, 0.717) is 12.5 Å². The van der Waals surface area contributed by atoms with E-state index in [2.05, 4.69) is 56.9 Å². The van der Waals surface area contributed by atoms with E-state index < -0.39 is 0 Å². The van der Waals surface area contributed by atoms with Gasteiger partial charge in [0.15, 0.2) is 5.96 Å². The molecule has 0 spiro atoms. The van der Waals surface area contributed by atoms with Crippen LogP contribution >= 0.6 is 46.9 Å². The Bertz CT molecular complexity index is 793. The first kappa shape index (κ1) is 25.3. The molecule has 0 amide bonds. The summed E-state index contributed by atoms with van der Waals surface area (Å²) < 4.78 is 5.53. The van der Waals surface area contributed by atoms with Gasteiger partial charge in [0.1, 0.15) is 5.01 Å². The maximum absolute atomic E-state index is 6.09. The fraction of sp³-hybridized carbons (Fsp3) is 0.524. The highest BCUT2D eigenvalue weighted by molar-refractivity contribution is 14.0. The van der Waals surface area contributed by atoms with Gasteiger partial charge in [-0.2, -0.15) is 0 Å². The van der Waals surface area contributed by atoms with Gasteiger partial charge in [0.05, 0.1) is 31.5 Å². The number of guanidine groups is 1. The number of aliphatic imine (C=N–C) groups is 1. The molecule has 2 N–H and O–H groups in total. The molecule has 1 unspecified atom stereocenters. The van der Waals surface area contributed by atoms with Crippen molar-refractivity contribution in [3.8, 4) is 0 Å². The van der Waals surface area contributed by atoms with Gasteiger partial charge in [-0.25, -0.2) is 4.98 Å². The molecule has 1 aliphatic heterocycles. The lowest BCUT2D eigenvalue weighted by molar-refractivity contribution is 0.0170. The van der Waals surface area contributed by atoms with Crippen molar-refractivity contribution in [3.63, 3.8) is 0 Å². The summed E-state index contributed by atoms with van der Waals surface area (Å²) >= 11 is 7.77. The molecule has 0 radical (unpaired) electrons. The van der Waals surface area contributed by atoms with Crippen molar-refractivity contribution in [2.45, 2.75) is 32.4 Å². The minimum atomic E-state index is 0. The van der Waals surface area contributed by atoms with Crippen molar-refractivity contribution in [1.29, 1.82) is 0 Å². The Hall–Kier alpha value is -0.940. The number of aromatic nitrogens is 1. The summed E-state index contributed by atoms with van der Waals surface area (Å²) in [4.78, 5) is 11.5. The quantitative estimate of drug-likeness (QED) is 0.299. The van der Waals surface area contributed by atoms with Gasteiger partial charge in [-0.15, -0.1) is 35.3 Å². The van der Waals surface area contributed by atoms with Crippen molar-refractivity contribution in [3.05, 3.63) is 50.9 Å². The number of nitrogens with one attached hydrogen (secondary N) is 2. The van der Waals surface area contributed by atoms with Crippen LogP contribution in [0, 0.1) is 0 Å². The first-order valence-corrected chi connectivity index (χ1v) is 11.3. The number of hydrogen-bond acceptors (Lipinski definition) is 5. The highest BCUT2D eigenvalue weighted by Crippen LogP contribution is 2.23. The second-order valence-corrected chi connectivity index (χ2v) is 8.72. The second kappa shape index (κ2) is 12.8. The van der Waals surface area contributed by atoms with Gasteiger partial charge >= 0.3 is 0 Å². The van der Waals surface area contributed by atoms with Gasteiger partial charge in [-0.1, -0.05) is 37.6 Å². The Kier molecular flexibility index (Phi) is 10.8. The van der Waals surface area contributed by atoms with Crippen LogP contribution in [0.3, 0.4) is 0 Å². The molecule has 6 nitrogen and oxygen atoms in total. The molecule has 0 bridgehead atoms. The molecule has 1 aliphatic rings. The Morgan fingerprint density at radius 1 is 1.23 bits per heavy atom. The summed E-state index contributed by atoms with van der Waals surface area (Å²) in [6.07, 6.45) is 0. The monoisotopic (exact) mass is 563 g/mol. The van der Waals surface area contributed by atoms with Crippen molar-refractivity contribution < 1.29 is 4.74 Å². The van der Waals surface area contributed by atoms with E-state index in [1.54, 1.807) is 18.4 Å². The molecule has 30 heavy (non-hydrogen) atoms. The molecule has 9 heteroatoms. The first-order valence-electron chi connectivity index (χ1n) is 10.0. The van der Waals surface area contributed by atoms with Crippen LogP contribution in [-0.2, 0) is 11.3 Å². The highest BCUT2D eigenvalue weighted by Gasteiger charge is 2.23. The molecule has 0 aliphatic carbocycles. The fourth-order valence-electron chi connectivity index (χ4n) is 3.28. The highest BCUT2D eigenvalue weighted by atomic mass is 127. The van der Waals surface area contributed by atoms with Crippen LogP contribution in [0.1, 0.15) is 42.1 Å². The Balaban J connectivity index is 0.00000320. The maximum Gasteiger partial charge on any atom is 0.191 e. The zero-order valence-corrected chi connectivity index (χ0v) is 21.6. The van der Waals surface area contributed by atoms with Crippen molar-refractivity contribution in [2.75, 3.05) is 39.9 Å². The number of rotatable bonds is 7. The smallest absolute Gasteiger partial charge is 0.191 e. The third-order valence-corrected chi connectivity index (χ3v) is 6.11. The van der Waals surface area contributed by atoms with E-state index in [0.717, 1.165) is 54.5 Å². The van der Waals surface area contributed by atoms with E-state index in [1.807, 2.05) is 12.1 Å². The number of morpholine rings is 1. The largest absolute Gasteiger partial charge is 0.379 e. The van der Waals surface area contributed by atoms with Crippen LogP contribution in [0.15, 0.2) is 34.6 Å². The third kappa shape index (κ3) is 7.33. The molecule has 2 aromatic rings. The lowest BCUT2D eigenvalue weighted by Crippen LogP contribution is -2.46. The second-order valence-electron chi connectivity index (χ2n) is 7.34. The molecule has 1 aromatic heterocycles. The summed E-state index contributed by atoms with van der Waals surface area (Å²) in [5.41, 5.74) is 2.38. The molecule has 1 aromatic carbocycles. The average molecular weight is 564 g/mol. The number of thiazole rings is 1. The number of hydrogen-bond donors (Lipinski definition) is 2. The van der Waals surface area contributed by atoms with Crippen LogP contribution < -0.4 is 10.6 Å². The topological polar surface area (TPSA) is 61.8 Å². The standard InChI is InChI=1S/C21H30ClN5OS.HI/c1-15(2)18-14-29-20(26-18)13-25-21(23-3)24-12-19(27-8-10-28-11-9-27)16-4-6-17(22)7-5-16;/h4-7,14-15,19H,8-13H2,1-3H3,(H2,23,24,25);1H. The first-order chi connectivity index (χ1) is 14.1. The summed E-state index contributed by atoms with van der Waals surface area (Å²) in [7, 11) is 1.79. The Morgan fingerprint density at radius 3 is 2.53 bits per heavy atom. The van der Waals surface area contributed by atoms with Gasteiger partial charge in [-0.3, -0.25) is 9.89 Å². The molecular weight excluding hydrogens is 533 g/mol. The van der Waals surface area contributed by atoms with Crippen molar-refractivity contribution >= 4 is 52.9 Å². The predicted molar refractivity (Wildman–Crippen MR) is 136 cm³/mol. The normalized spacial score (nSPS) is 16.2. The van der Waals surface area contributed by atoms with Crippen LogP contribution in [-0.4, -0.2) is 55.7 Å². The van der Waals surface area contributed by atoms with E-state index >= 15 is 0 Å². The van der Waals surface area contributed by atoms with Crippen molar-refractivity contribution in [1.82, 2.24) is 20.5 Å². The Morgan fingerprint density at radius 2 is 1.93 bits per heavy atom. The van der Waals surface area contributed by atoms with Gasteiger partial charge in [0.25, 0.3) is 0 Å². The molecular formula is C21H31ClIN5OS. The van der Waals surface area contributed by atoms with E-state index in [1.165, 1.54) is 5.56 Å². The summed E-state index contributed by atoms with van der Waals surface area (Å²) in [6.45, 7) is 9.09. The predicted octanol–water partition coefficient (Wildman–Crippen LogP) is 4.28. The van der Waals surface area contributed by atoms with Crippen molar-refractivity contribution in [2.24, 2.45) is 4.99 Å². The number of ether oxygens (including phenoxy) is 1. The van der Waals surface area contributed by atoms with Gasteiger partial charge in [0.2, 0.25) is 0 Å². The van der Waals surface area contributed by atoms with Crippen LogP contribution in [0.2, 0.25) is 5.02 Å². The SMILES string of the molecule is CN=C(NCc1nc(C(C)C)cs1)NCC(c1ccc(Cl)cc1)N1CCOCC1.I. The fourth-order valence-corrected chi connectivity index (χ4v) is 4.30. The Labute approximate surface area is 205 Å². The molecule has 0 saturated carbocycles. The minimum Gasteiger partial charge on any atom is -0.379 e. The molecule has 2 heterocycles. The molecule has 1 fully saturated rings. The zero-order chi connectivity index (χ0) is 20.6. The molecule has 1 saturated heterocycles. The van der Waals surface area contributed by atoms with Gasteiger partial charge < -0.3 is 15.4 Å². The van der Waals surface area contributed by atoms with E-state index in [4.69, 9.17) is 16.3 Å². The molecule has 1 atom stereocenters. The third-order valence-electron chi connectivity index (χ3n) is 5.00. The number of halogens is 2. The van der Waals surface area contributed by atoms with Gasteiger partial charge in [-0.05, 0) is 23.6 Å². The molecule has 3 rings (SSSR count). The summed E-state index contributed by atoms with van der Waals surface area (Å²) in [5.74, 6) is 1.23. The van der Waals surface area contributed by atoms with E-state index in [9.17, 15) is 0 Å². The van der Waals surface area contributed by atoms with E-state index in [-0.39, 0.29) is 30.0 Å². The zero-order valence-electron chi connectivity index (χ0n) is 17.7. The van der Waals surface area contributed by atoms with Crippen LogP contribution in [0.4, 0.5) is 0 Å². The summed E-state index contributed by atoms with van der Waals surface area (Å²) in [5, 5.41) is 10.8. The number of benzene rings is 1.